The van der Waals surface area contributed by atoms with Gasteiger partial charge >= 0.3 is 5.97 Å². The first-order valence-corrected chi connectivity index (χ1v) is 7.48. The van der Waals surface area contributed by atoms with Crippen molar-refractivity contribution in [3.63, 3.8) is 0 Å². The second-order valence-corrected chi connectivity index (χ2v) is 5.12. The number of hydrogen-bond donors (Lipinski definition) is 1. The molecule has 0 saturated carbocycles. The minimum atomic E-state index is -0.590. The minimum absolute atomic E-state index is 0.189. The van der Waals surface area contributed by atoms with Gasteiger partial charge in [0.05, 0.1) is 18.5 Å². The zero-order valence-corrected chi connectivity index (χ0v) is 13.9. The first-order chi connectivity index (χ1) is 12.4. The summed E-state index contributed by atoms with van der Waals surface area (Å²) >= 11 is 0. The van der Waals surface area contributed by atoms with E-state index < -0.39 is 10.9 Å². The van der Waals surface area contributed by atoms with Gasteiger partial charge in [-0.05, 0) is 42.5 Å². The fraction of sp³-hybridized carbons (Fsp3) is 0.111. The van der Waals surface area contributed by atoms with Crippen LogP contribution in [0.2, 0.25) is 0 Å². The van der Waals surface area contributed by atoms with Gasteiger partial charge in [-0.2, -0.15) is 0 Å². The number of methoxy groups -OCH3 is 1. The second kappa shape index (κ2) is 8.43. The van der Waals surface area contributed by atoms with Crippen LogP contribution in [0.3, 0.4) is 0 Å². The molecule has 8 heteroatoms. The highest BCUT2D eigenvalue weighted by atomic mass is 16.6. The molecule has 0 aromatic heterocycles. The molecule has 134 valence electrons. The number of amides is 1. The van der Waals surface area contributed by atoms with Crippen LogP contribution in [-0.2, 0) is 20.7 Å². The Kier molecular flexibility index (Phi) is 6.05. The van der Waals surface area contributed by atoms with Crippen LogP contribution in [0.15, 0.2) is 55.1 Å². The van der Waals surface area contributed by atoms with E-state index in [4.69, 9.17) is 4.74 Å². The first-order valence-electron chi connectivity index (χ1n) is 7.48. The maximum absolute atomic E-state index is 11.4. The predicted molar refractivity (Wildman–Crippen MR) is 94.2 cm³/mol. The Balaban J connectivity index is 2.19. The van der Waals surface area contributed by atoms with Gasteiger partial charge in [-0.3, -0.25) is 19.7 Å². The van der Waals surface area contributed by atoms with Gasteiger partial charge in [0.25, 0.3) is 5.69 Å². The molecular formula is C18H16N2O6. The average molecular weight is 356 g/mol. The number of anilines is 1. The molecule has 8 nitrogen and oxygen atoms in total. The lowest BCUT2D eigenvalue weighted by Gasteiger charge is -2.09. The summed E-state index contributed by atoms with van der Waals surface area (Å²) in [6.45, 7) is 3.37. The smallest absolute Gasteiger partial charge is 0.310 e. The number of rotatable bonds is 7. The van der Waals surface area contributed by atoms with Gasteiger partial charge in [0.1, 0.15) is 11.5 Å². The SMILES string of the molecule is C=CC(=O)Nc1ccc(Oc2ccc([N+](=O)[O-])c(CC(=O)OC)c2)cc1. The third-order valence-electron chi connectivity index (χ3n) is 3.35. The van der Waals surface area contributed by atoms with Gasteiger partial charge in [-0.15, -0.1) is 0 Å². The lowest BCUT2D eigenvalue weighted by Crippen LogP contribution is -2.07. The standard InChI is InChI=1S/C18H16N2O6/c1-3-17(21)19-13-4-6-14(7-5-13)26-15-8-9-16(20(23)24)12(10-15)11-18(22)25-2/h3-10H,1,11H2,2H3,(H,19,21). The summed E-state index contributed by atoms with van der Waals surface area (Å²) < 4.78 is 10.2. The van der Waals surface area contributed by atoms with Crippen LogP contribution in [-0.4, -0.2) is 23.9 Å². The number of esters is 1. The van der Waals surface area contributed by atoms with Gasteiger partial charge in [-0.1, -0.05) is 6.58 Å². The molecule has 0 bridgehead atoms. The van der Waals surface area contributed by atoms with Crippen LogP contribution < -0.4 is 10.1 Å². The average Bonchev–Trinajstić information content (AvgIpc) is 2.63. The van der Waals surface area contributed by atoms with Crippen molar-refractivity contribution in [2.45, 2.75) is 6.42 Å². The number of benzene rings is 2. The van der Waals surface area contributed by atoms with Crippen molar-refractivity contribution in [1.82, 2.24) is 0 Å². The third kappa shape index (κ3) is 4.91. The Labute approximate surface area is 149 Å². The van der Waals surface area contributed by atoms with Crippen LogP contribution in [0.5, 0.6) is 11.5 Å². The highest BCUT2D eigenvalue weighted by molar-refractivity contribution is 5.98. The number of nitrogens with zero attached hydrogens (tertiary/aromatic N) is 1. The Morgan fingerprint density at radius 2 is 1.85 bits per heavy atom. The van der Waals surface area contributed by atoms with E-state index in [2.05, 4.69) is 16.6 Å². The van der Waals surface area contributed by atoms with Crippen LogP contribution in [0.25, 0.3) is 0 Å². The van der Waals surface area contributed by atoms with E-state index in [1.165, 1.54) is 25.3 Å². The molecule has 1 amide bonds. The van der Waals surface area contributed by atoms with Crippen LogP contribution >= 0.6 is 0 Å². The highest BCUT2D eigenvalue weighted by Crippen LogP contribution is 2.29. The molecule has 2 aromatic carbocycles. The number of nitro benzene ring substituents is 1. The molecule has 0 fully saturated rings. The Morgan fingerprint density at radius 1 is 1.19 bits per heavy atom. The summed E-state index contributed by atoms with van der Waals surface area (Å²) in [6.07, 6.45) is 0.917. The highest BCUT2D eigenvalue weighted by Gasteiger charge is 2.18. The van der Waals surface area contributed by atoms with Crippen molar-refractivity contribution >= 4 is 23.3 Å². The third-order valence-corrected chi connectivity index (χ3v) is 3.35. The Hall–Kier alpha value is -3.68. The van der Waals surface area contributed by atoms with E-state index in [0.717, 1.165) is 6.08 Å². The number of ether oxygens (including phenoxy) is 2. The summed E-state index contributed by atoms with van der Waals surface area (Å²) in [6, 6.07) is 10.6. The summed E-state index contributed by atoms with van der Waals surface area (Å²) in [4.78, 5) is 33.2. The molecule has 0 radical (unpaired) electrons. The minimum Gasteiger partial charge on any atom is -0.469 e. The molecule has 0 atom stereocenters. The molecule has 0 saturated heterocycles. The van der Waals surface area contributed by atoms with Gasteiger partial charge in [0.2, 0.25) is 5.91 Å². The van der Waals surface area contributed by atoms with Crippen molar-refractivity contribution in [2.24, 2.45) is 0 Å². The van der Waals surface area contributed by atoms with E-state index in [9.17, 15) is 19.7 Å². The Bertz CT molecular complexity index is 845. The van der Waals surface area contributed by atoms with E-state index in [1.807, 2.05) is 0 Å². The molecule has 2 aromatic rings. The normalized spacial score (nSPS) is 9.88. The van der Waals surface area contributed by atoms with Crippen molar-refractivity contribution < 1.29 is 24.0 Å². The van der Waals surface area contributed by atoms with Gasteiger partial charge in [0.15, 0.2) is 0 Å². The van der Waals surface area contributed by atoms with E-state index in [1.54, 1.807) is 24.3 Å². The van der Waals surface area contributed by atoms with Crippen LogP contribution in [0, 0.1) is 10.1 Å². The lowest BCUT2D eigenvalue weighted by molar-refractivity contribution is -0.385. The van der Waals surface area contributed by atoms with E-state index >= 15 is 0 Å². The molecule has 26 heavy (non-hydrogen) atoms. The zero-order chi connectivity index (χ0) is 19.1. The molecule has 0 heterocycles. The van der Waals surface area contributed by atoms with Crippen LogP contribution in [0.1, 0.15) is 5.56 Å². The largest absolute Gasteiger partial charge is 0.469 e. The number of carbonyl (C=O) groups is 2. The number of nitrogens with one attached hydrogen (secondary N) is 1. The zero-order valence-electron chi connectivity index (χ0n) is 13.9. The quantitative estimate of drug-likeness (QED) is 0.353. The summed E-state index contributed by atoms with van der Waals surface area (Å²) in [5, 5.41) is 13.7. The van der Waals surface area contributed by atoms with Crippen molar-refractivity contribution in [2.75, 3.05) is 12.4 Å². The summed E-state index contributed by atoms with van der Waals surface area (Å²) in [5.74, 6) is -0.133. The van der Waals surface area contributed by atoms with Crippen LogP contribution in [0.4, 0.5) is 11.4 Å². The fourth-order valence-corrected chi connectivity index (χ4v) is 2.11. The first kappa shape index (κ1) is 18.7. The maximum atomic E-state index is 11.4. The van der Waals surface area contributed by atoms with E-state index in [0.29, 0.717) is 17.2 Å². The molecule has 0 spiro atoms. The number of carbonyl (C=O) groups excluding carboxylic acids is 2. The molecule has 2 rings (SSSR count). The number of nitro groups is 1. The predicted octanol–water partition coefficient (Wildman–Crippen LogP) is 3.23. The van der Waals surface area contributed by atoms with Crippen molar-refractivity contribution in [3.05, 3.63) is 70.8 Å². The molecule has 1 N–H and O–H groups in total. The molecule has 0 aliphatic carbocycles. The molecular weight excluding hydrogens is 340 g/mol. The molecule has 0 aliphatic heterocycles. The Morgan fingerprint density at radius 3 is 2.42 bits per heavy atom. The fourth-order valence-electron chi connectivity index (χ4n) is 2.11. The maximum Gasteiger partial charge on any atom is 0.310 e. The molecule has 0 aliphatic rings. The summed E-state index contributed by atoms with van der Waals surface area (Å²) in [7, 11) is 1.21. The topological polar surface area (TPSA) is 108 Å². The molecule has 0 unspecified atom stereocenters. The van der Waals surface area contributed by atoms with Gasteiger partial charge in [-0.25, -0.2) is 0 Å². The van der Waals surface area contributed by atoms with Gasteiger partial charge < -0.3 is 14.8 Å². The van der Waals surface area contributed by atoms with E-state index in [-0.39, 0.29) is 23.6 Å². The summed E-state index contributed by atoms with van der Waals surface area (Å²) in [5.41, 5.74) is 0.566. The van der Waals surface area contributed by atoms with Crippen molar-refractivity contribution in [3.8, 4) is 11.5 Å². The second-order valence-electron chi connectivity index (χ2n) is 5.12. The van der Waals surface area contributed by atoms with Gasteiger partial charge in [0, 0.05) is 17.3 Å². The number of hydrogen-bond acceptors (Lipinski definition) is 6. The monoisotopic (exact) mass is 356 g/mol. The van der Waals surface area contributed by atoms with Crippen molar-refractivity contribution in [1.29, 1.82) is 0 Å². The lowest BCUT2D eigenvalue weighted by atomic mass is 10.1.